The minimum atomic E-state index is 0.0401. The van der Waals surface area contributed by atoms with E-state index in [4.69, 9.17) is 0 Å². The van der Waals surface area contributed by atoms with Crippen LogP contribution < -0.4 is 5.32 Å². The van der Waals surface area contributed by atoms with Crippen molar-refractivity contribution in [3.8, 4) is 0 Å². The third-order valence-corrected chi connectivity index (χ3v) is 2.70. The van der Waals surface area contributed by atoms with Crippen LogP contribution in [0.1, 0.15) is 24.8 Å². The van der Waals surface area contributed by atoms with Crippen LogP contribution in [0.2, 0.25) is 0 Å². The maximum absolute atomic E-state index is 10.9. The summed E-state index contributed by atoms with van der Waals surface area (Å²) >= 11 is 0. The van der Waals surface area contributed by atoms with Gasteiger partial charge in [0.15, 0.2) is 0 Å². The first-order chi connectivity index (χ1) is 7.25. The Balaban J connectivity index is 2.00. The molecule has 1 aliphatic rings. The zero-order chi connectivity index (χ0) is 10.7. The summed E-state index contributed by atoms with van der Waals surface area (Å²) in [6.07, 6.45) is 5.23. The zero-order valence-electron chi connectivity index (χ0n) is 8.81. The molecule has 78 valence electrons. The summed E-state index contributed by atoms with van der Waals surface area (Å²) in [7, 11) is 0. The minimum absolute atomic E-state index is 0.0401. The van der Waals surface area contributed by atoms with Gasteiger partial charge in [-0.25, -0.2) is 0 Å². The van der Waals surface area contributed by atoms with Crippen LogP contribution in [0.25, 0.3) is 0 Å². The van der Waals surface area contributed by atoms with E-state index in [9.17, 15) is 4.79 Å². The Morgan fingerprint density at radius 2 is 2.00 bits per heavy atom. The Morgan fingerprint density at radius 3 is 2.67 bits per heavy atom. The molecule has 2 nitrogen and oxygen atoms in total. The maximum Gasteiger partial charge on any atom is 0.217 e. The summed E-state index contributed by atoms with van der Waals surface area (Å²) < 4.78 is 0. The van der Waals surface area contributed by atoms with Crippen molar-refractivity contribution >= 4 is 5.91 Å². The van der Waals surface area contributed by atoms with E-state index in [1.807, 2.05) is 6.07 Å². The van der Waals surface area contributed by atoms with Crippen LogP contribution in [0.5, 0.6) is 0 Å². The summed E-state index contributed by atoms with van der Waals surface area (Å²) in [4.78, 5) is 10.9. The lowest BCUT2D eigenvalue weighted by atomic mass is 9.98. The molecule has 15 heavy (non-hydrogen) atoms. The molecule has 0 radical (unpaired) electrons. The third kappa shape index (κ3) is 2.46. The highest BCUT2D eigenvalue weighted by molar-refractivity contribution is 5.73. The second-order valence-corrected chi connectivity index (χ2v) is 3.94. The van der Waals surface area contributed by atoms with Gasteiger partial charge in [-0.05, 0) is 12.0 Å². The fourth-order valence-corrected chi connectivity index (χ4v) is 2.01. The molecule has 1 amide bonds. The first-order valence-corrected chi connectivity index (χ1v) is 5.26. The van der Waals surface area contributed by atoms with Crippen molar-refractivity contribution < 1.29 is 4.79 Å². The van der Waals surface area contributed by atoms with E-state index >= 15 is 0 Å². The number of allylic oxidation sites excluding steroid dienone is 1. The van der Waals surface area contributed by atoms with E-state index in [1.54, 1.807) is 6.92 Å². The van der Waals surface area contributed by atoms with Crippen molar-refractivity contribution in [2.75, 3.05) is 0 Å². The van der Waals surface area contributed by atoms with Gasteiger partial charge in [-0.2, -0.15) is 0 Å². The molecule has 0 saturated heterocycles. The number of carbonyl (C=O) groups excluding carboxylic acids is 1. The van der Waals surface area contributed by atoms with Crippen LogP contribution in [-0.2, 0) is 4.79 Å². The SMILES string of the molecule is CC(=O)N[C@H]1C=C[C@@H](c2ccccc2)C1. The van der Waals surface area contributed by atoms with E-state index in [-0.39, 0.29) is 11.9 Å². The van der Waals surface area contributed by atoms with Crippen molar-refractivity contribution in [3.05, 3.63) is 48.0 Å². The van der Waals surface area contributed by atoms with E-state index in [0.717, 1.165) is 6.42 Å². The number of carbonyl (C=O) groups is 1. The van der Waals surface area contributed by atoms with Gasteiger partial charge in [0.05, 0.1) is 0 Å². The summed E-state index contributed by atoms with van der Waals surface area (Å²) in [6.45, 7) is 1.56. The fourth-order valence-electron chi connectivity index (χ4n) is 2.01. The van der Waals surface area contributed by atoms with Crippen LogP contribution in [0.4, 0.5) is 0 Å². The molecule has 1 aromatic carbocycles. The number of nitrogens with one attached hydrogen (secondary N) is 1. The predicted octanol–water partition coefficient (Wildman–Crippen LogP) is 2.23. The number of benzene rings is 1. The second kappa shape index (κ2) is 4.30. The molecule has 2 atom stereocenters. The van der Waals surface area contributed by atoms with Crippen LogP contribution in [0, 0.1) is 0 Å². The Kier molecular flexibility index (Phi) is 2.86. The first kappa shape index (κ1) is 9.97. The largest absolute Gasteiger partial charge is 0.350 e. The minimum Gasteiger partial charge on any atom is -0.350 e. The molecule has 0 saturated carbocycles. The highest BCUT2D eigenvalue weighted by atomic mass is 16.1. The van der Waals surface area contributed by atoms with Crippen molar-refractivity contribution in [1.29, 1.82) is 0 Å². The van der Waals surface area contributed by atoms with E-state index in [0.29, 0.717) is 5.92 Å². The average Bonchev–Trinajstić information content (AvgIpc) is 2.67. The fraction of sp³-hybridized carbons (Fsp3) is 0.308. The smallest absolute Gasteiger partial charge is 0.217 e. The summed E-state index contributed by atoms with van der Waals surface area (Å²) in [5, 5.41) is 2.92. The Bertz CT molecular complexity index is 369. The lowest BCUT2D eigenvalue weighted by molar-refractivity contribution is -0.119. The van der Waals surface area contributed by atoms with E-state index < -0.39 is 0 Å². The quantitative estimate of drug-likeness (QED) is 0.730. The predicted molar refractivity (Wildman–Crippen MR) is 60.5 cm³/mol. The highest BCUT2D eigenvalue weighted by Crippen LogP contribution is 2.28. The van der Waals surface area contributed by atoms with Gasteiger partial charge in [0, 0.05) is 18.9 Å². The number of hydrogen-bond acceptors (Lipinski definition) is 1. The second-order valence-electron chi connectivity index (χ2n) is 3.94. The molecule has 1 aliphatic carbocycles. The standard InChI is InChI=1S/C13H15NO/c1-10(15)14-13-8-7-12(9-13)11-5-3-2-4-6-11/h2-8,12-13H,9H2,1H3,(H,14,15)/t12-,13+/m1/s1. The molecule has 0 aromatic heterocycles. The van der Waals surface area contributed by atoms with Gasteiger partial charge >= 0.3 is 0 Å². The molecular weight excluding hydrogens is 186 g/mol. The van der Waals surface area contributed by atoms with Gasteiger partial charge in [-0.1, -0.05) is 42.5 Å². The van der Waals surface area contributed by atoms with Crippen molar-refractivity contribution in [2.45, 2.75) is 25.3 Å². The van der Waals surface area contributed by atoms with Crippen LogP contribution in [-0.4, -0.2) is 11.9 Å². The Morgan fingerprint density at radius 1 is 1.27 bits per heavy atom. The molecule has 0 spiro atoms. The van der Waals surface area contributed by atoms with Gasteiger partial charge in [0.2, 0.25) is 5.91 Å². The van der Waals surface area contributed by atoms with Crippen LogP contribution >= 0.6 is 0 Å². The number of hydrogen-bond donors (Lipinski definition) is 1. The topological polar surface area (TPSA) is 29.1 Å². The van der Waals surface area contributed by atoms with Gasteiger partial charge < -0.3 is 5.32 Å². The third-order valence-electron chi connectivity index (χ3n) is 2.70. The van der Waals surface area contributed by atoms with Gasteiger partial charge in [-0.15, -0.1) is 0 Å². The molecule has 0 bridgehead atoms. The van der Waals surface area contributed by atoms with Gasteiger partial charge in [-0.3, -0.25) is 4.79 Å². The molecule has 0 fully saturated rings. The number of rotatable bonds is 2. The van der Waals surface area contributed by atoms with Crippen molar-refractivity contribution in [3.63, 3.8) is 0 Å². The molecular formula is C13H15NO. The maximum atomic E-state index is 10.9. The lowest BCUT2D eigenvalue weighted by Crippen LogP contribution is -2.30. The molecule has 0 unspecified atom stereocenters. The summed E-state index contributed by atoms with van der Waals surface area (Å²) in [6, 6.07) is 10.6. The summed E-state index contributed by atoms with van der Waals surface area (Å²) in [5.74, 6) is 0.487. The molecule has 2 rings (SSSR count). The first-order valence-electron chi connectivity index (χ1n) is 5.26. The normalized spacial score (nSPS) is 24.1. The highest BCUT2D eigenvalue weighted by Gasteiger charge is 2.20. The van der Waals surface area contributed by atoms with Crippen molar-refractivity contribution in [1.82, 2.24) is 5.32 Å². The monoisotopic (exact) mass is 201 g/mol. The Labute approximate surface area is 90.0 Å². The zero-order valence-corrected chi connectivity index (χ0v) is 8.81. The van der Waals surface area contributed by atoms with Crippen molar-refractivity contribution in [2.24, 2.45) is 0 Å². The van der Waals surface area contributed by atoms with E-state index in [1.165, 1.54) is 5.56 Å². The van der Waals surface area contributed by atoms with Gasteiger partial charge in [0.25, 0.3) is 0 Å². The molecule has 1 aromatic rings. The molecule has 0 heterocycles. The molecule has 0 aliphatic heterocycles. The molecule has 2 heteroatoms. The van der Waals surface area contributed by atoms with Crippen LogP contribution in [0.15, 0.2) is 42.5 Å². The van der Waals surface area contributed by atoms with E-state index in [2.05, 4.69) is 41.7 Å². The van der Waals surface area contributed by atoms with Crippen LogP contribution in [0.3, 0.4) is 0 Å². The summed E-state index contributed by atoms with van der Waals surface area (Å²) in [5.41, 5.74) is 1.32. The number of amides is 1. The average molecular weight is 201 g/mol. The van der Waals surface area contributed by atoms with Gasteiger partial charge in [0.1, 0.15) is 0 Å². The lowest BCUT2D eigenvalue weighted by Gasteiger charge is -2.12. The molecule has 1 N–H and O–H groups in total. The Hall–Kier alpha value is -1.57.